The number of Topliss-reactive ketones (excluding diaryl/α,β-unsaturated/α-hetero) is 1. The number of hydrogen-bond donors (Lipinski definition) is 1. The fourth-order valence-electron chi connectivity index (χ4n) is 12.3. The van der Waals surface area contributed by atoms with Crippen molar-refractivity contribution in [3.8, 4) is 5.75 Å². The number of ether oxygens (including phenoxy) is 3. The van der Waals surface area contributed by atoms with Gasteiger partial charge in [0.1, 0.15) is 30.3 Å². The van der Waals surface area contributed by atoms with Gasteiger partial charge in [0, 0.05) is 62.9 Å². The first kappa shape index (κ1) is 38.7. The van der Waals surface area contributed by atoms with Crippen molar-refractivity contribution in [1.29, 1.82) is 0 Å². The minimum atomic E-state index is -2.47. The Hall–Kier alpha value is -3.77. The summed E-state index contributed by atoms with van der Waals surface area (Å²) in [5.74, 6) is 0.00671. The molecule has 306 valence electrons. The molecule has 4 saturated carbocycles. The molecule has 0 bridgehead atoms. The Morgan fingerprint density at radius 3 is 2.49 bits per heavy atom. The largest absolute Gasteiger partial charge is 0.494 e. The Kier molecular flexibility index (Phi) is 10.3. The molecular weight excluding hydrogens is 732 g/mol. The van der Waals surface area contributed by atoms with E-state index in [1.54, 1.807) is 4.68 Å². The number of fused-ring (bicyclic) bond motifs is 5. The highest BCUT2D eigenvalue weighted by atomic mass is 19.3. The molecule has 3 aromatic rings. The van der Waals surface area contributed by atoms with Crippen LogP contribution in [0.15, 0.2) is 47.7 Å². The highest BCUT2D eigenvalue weighted by Crippen LogP contribution is 2.67. The maximum absolute atomic E-state index is 14.7. The van der Waals surface area contributed by atoms with Gasteiger partial charge in [0.15, 0.2) is 5.78 Å². The van der Waals surface area contributed by atoms with E-state index in [0.29, 0.717) is 79.0 Å². The van der Waals surface area contributed by atoms with Gasteiger partial charge in [-0.05, 0) is 116 Å². The number of aliphatic imine (C=N–C) groups is 1. The lowest BCUT2D eigenvalue weighted by atomic mass is 9.45. The number of hydrogen-bond acceptors (Lipinski definition) is 8. The molecule has 57 heavy (non-hydrogen) atoms. The van der Waals surface area contributed by atoms with Crippen LogP contribution in [0.3, 0.4) is 0 Å². The van der Waals surface area contributed by atoms with Crippen LogP contribution in [0, 0.1) is 40.3 Å². The van der Waals surface area contributed by atoms with E-state index in [1.165, 1.54) is 24.9 Å². The molecule has 1 unspecified atom stereocenters. The fraction of sp³-hybridized carbons (Fsp3) is 0.644. The van der Waals surface area contributed by atoms with Crippen LogP contribution in [-0.2, 0) is 16.5 Å². The van der Waals surface area contributed by atoms with Crippen molar-refractivity contribution in [2.24, 2.45) is 46.5 Å². The van der Waals surface area contributed by atoms with Crippen molar-refractivity contribution >= 4 is 17.2 Å². The van der Waals surface area contributed by atoms with E-state index in [9.17, 15) is 18.0 Å². The highest BCUT2D eigenvalue weighted by Gasteiger charge is 2.62. The van der Waals surface area contributed by atoms with Crippen molar-refractivity contribution in [2.75, 3.05) is 38.3 Å². The summed E-state index contributed by atoms with van der Waals surface area (Å²) in [5.41, 5.74) is 3.44. The Morgan fingerprint density at radius 2 is 1.70 bits per heavy atom. The summed E-state index contributed by atoms with van der Waals surface area (Å²) in [6.07, 6.45) is 10.9. The molecule has 2 aromatic carbocycles. The molecule has 4 aliphatic carbocycles. The standard InChI is InChI=1S/C45H56F3N5O4/c1-43-16-17-45(47,48)24-28(43)8-11-31-33-12-13-37(44(33,2)15-14-34(31)43)57-21-5-19-55-18-4-20-56-30-9-6-27(7-10-30)40-39(42-50-26-51-53(42)3)41-38-32(36(54)25-49-41)22-29(46)23-35(38)52-40/h6-7,9-10,22-23,26,28,31,33-34,37,39-40,52H,4-5,8,11-21,24-25H2,1-3H3/t28-,31-,33-,34-,37-,39?,40+,43-,44-/m0/s1. The van der Waals surface area contributed by atoms with Gasteiger partial charge >= 0.3 is 0 Å². The third-order valence-electron chi connectivity index (χ3n) is 15.3. The van der Waals surface area contributed by atoms with Crippen LogP contribution in [0.4, 0.5) is 18.9 Å². The normalized spacial score (nSPS) is 33.7. The summed E-state index contributed by atoms with van der Waals surface area (Å²) < 4.78 is 63.6. The second-order valence-corrected chi connectivity index (χ2v) is 18.3. The number of benzene rings is 2. The topological polar surface area (TPSA) is 99.9 Å². The lowest BCUT2D eigenvalue weighted by molar-refractivity contribution is -0.169. The maximum Gasteiger partial charge on any atom is 0.248 e. The Bertz CT molecular complexity index is 2000. The molecule has 12 heteroatoms. The van der Waals surface area contributed by atoms with Crippen molar-refractivity contribution in [2.45, 2.75) is 108 Å². The van der Waals surface area contributed by atoms with Crippen LogP contribution in [0.1, 0.15) is 124 Å². The number of ketones is 1. The van der Waals surface area contributed by atoms with Crippen LogP contribution in [-0.4, -0.2) is 71.3 Å². The number of nitrogens with zero attached hydrogens (tertiary/aromatic N) is 4. The Morgan fingerprint density at radius 1 is 0.912 bits per heavy atom. The highest BCUT2D eigenvalue weighted by molar-refractivity contribution is 6.21. The molecule has 1 N–H and O–H groups in total. The molecule has 2 aliphatic heterocycles. The molecule has 0 saturated heterocycles. The monoisotopic (exact) mass is 787 g/mol. The minimum absolute atomic E-state index is 0.0326. The number of aryl methyl sites for hydroxylation is 1. The number of carbonyl (C=O) groups excluding carboxylic acids is 1. The van der Waals surface area contributed by atoms with Gasteiger partial charge in [0.25, 0.3) is 0 Å². The molecule has 3 heterocycles. The second-order valence-electron chi connectivity index (χ2n) is 18.3. The fourth-order valence-corrected chi connectivity index (χ4v) is 12.3. The molecule has 9 nitrogen and oxygen atoms in total. The number of aromatic nitrogens is 3. The van der Waals surface area contributed by atoms with Crippen molar-refractivity contribution in [3.05, 3.63) is 71.1 Å². The summed E-state index contributed by atoms with van der Waals surface area (Å²) >= 11 is 0. The number of carbonyl (C=O) groups is 1. The van der Waals surface area contributed by atoms with Gasteiger partial charge in [0.2, 0.25) is 5.92 Å². The molecule has 0 amide bonds. The van der Waals surface area contributed by atoms with E-state index in [1.807, 2.05) is 31.3 Å². The summed E-state index contributed by atoms with van der Waals surface area (Å²) in [5, 5.41) is 7.79. The lowest BCUT2D eigenvalue weighted by Crippen LogP contribution is -2.55. The van der Waals surface area contributed by atoms with Gasteiger partial charge in [-0.25, -0.2) is 18.2 Å². The van der Waals surface area contributed by atoms with Crippen molar-refractivity contribution in [3.63, 3.8) is 0 Å². The predicted molar refractivity (Wildman–Crippen MR) is 211 cm³/mol. The summed E-state index contributed by atoms with van der Waals surface area (Å²) in [6, 6.07) is 10.3. The van der Waals surface area contributed by atoms with Gasteiger partial charge in [0.05, 0.1) is 30.4 Å². The number of halogens is 3. The van der Waals surface area contributed by atoms with Gasteiger partial charge in [-0.15, -0.1) is 0 Å². The van der Waals surface area contributed by atoms with E-state index < -0.39 is 11.7 Å². The van der Waals surface area contributed by atoms with Crippen LogP contribution >= 0.6 is 0 Å². The van der Waals surface area contributed by atoms with E-state index in [4.69, 9.17) is 19.2 Å². The molecule has 0 spiro atoms. The van der Waals surface area contributed by atoms with Gasteiger partial charge in [-0.2, -0.15) is 5.10 Å². The minimum Gasteiger partial charge on any atom is -0.494 e. The van der Waals surface area contributed by atoms with Crippen LogP contribution in [0.25, 0.3) is 0 Å². The Labute approximate surface area is 333 Å². The van der Waals surface area contributed by atoms with E-state index in [-0.39, 0.29) is 60.0 Å². The molecule has 9 atom stereocenters. The summed E-state index contributed by atoms with van der Waals surface area (Å²) in [6.45, 7) is 7.23. The average Bonchev–Trinajstić information content (AvgIpc) is 3.77. The zero-order chi connectivity index (χ0) is 39.5. The maximum atomic E-state index is 14.7. The van der Waals surface area contributed by atoms with Crippen LogP contribution in [0.5, 0.6) is 5.75 Å². The SMILES string of the molecule is Cn1ncnc1C1C2=NCC(=O)c3cc(F)cc(c32)N[C@@H]1c1ccc(OCCCOCCCO[C@H]2CC[C@H]3[C@@H]4CC[C@H]5CC(F)(F)CC[C@]5(C)[C@H]4CC[C@]23C)cc1. The van der Waals surface area contributed by atoms with Gasteiger partial charge in [-0.3, -0.25) is 14.5 Å². The van der Waals surface area contributed by atoms with Crippen molar-refractivity contribution in [1.82, 2.24) is 14.8 Å². The first-order valence-electron chi connectivity index (χ1n) is 21.3. The average molecular weight is 788 g/mol. The van der Waals surface area contributed by atoms with Crippen LogP contribution < -0.4 is 10.1 Å². The number of anilines is 1. The molecule has 0 radical (unpaired) electrons. The smallest absolute Gasteiger partial charge is 0.248 e. The van der Waals surface area contributed by atoms with E-state index in [2.05, 4.69) is 29.2 Å². The quantitative estimate of drug-likeness (QED) is 0.183. The van der Waals surface area contributed by atoms with E-state index >= 15 is 0 Å². The molecule has 9 rings (SSSR count). The van der Waals surface area contributed by atoms with Crippen molar-refractivity contribution < 1.29 is 32.2 Å². The number of nitrogens with one attached hydrogen (secondary N) is 1. The van der Waals surface area contributed by atoms with E-state index in [0.717, 1.165) is 56.3 Å². The number of rotatable bonds is 12. The third-order valence-corrected chi connectivity index (χ3v) is 15.3. The lowest BCUT2D eigenvalue weighted by Gasteiger charge is -2.61. The first-order chi connectivity index (χ1) is 27.4. The first-order valence-corrected chi connectivity index (χ1v) is 21.3. The molecule has 6 aliphatic rings. The molecular formula is C45H56F3N5O4. The molecule has 1 aromatic heterocycles. The predicted octanol–water partition coefficient (Wildman–Crippen LogP) is 9.13. The summed E-state index contributed by atoms with van der Waals surface area (Å²) in [7, 11) is 1.83. The van der Waals surface area contributed by atoms with Crippen LogP contribution in [0.2, 0.25) is 0 Å². The number of alkyl halides is 2. The molecule has 4 fully saturated rings. The van der Waals surface area contributed by atoms with Gasteiger partial charge in [-0.1, -0.05) is 26.0 Å². The summed E-state index contributed by atoms with van der Waals surface area (Å²) in [4.78, 5) is 22.0. The van der Waals surface area contributed by atoms with Gasteiger partial charge < -0.3 is 19.5 Å². The zero-order valence-corrected chi connectivity index (χ0v) is 33.5. The second kappa shape index (κ2) is 15.1. The zero-order valence-electron chi connectivity index (χ0n) is 33.5. The Balaban J connectivity index is 0.723. The third kappa shape index (κ3) is 7.00.